The average Bonchev–Trinajstić information content (AvgIpc) is 2.27. The van der Waals surface area contributed by atoms with Gasteiger partial charge in [0.2, 0.25) is 10.0 Å². The van der Waals surface area contributed by atoms with Crippen molar-refractivity contribution in [2.75, 3.05) is 32.5 Å². The van der Waals surface area contributed by atoms with Crippen molar-refractivity contribution in [3.05, 3.63) is 22.2 Å². The van der Waals surface area contributed by atoms with Crippen LogP contribution in [0.1, 0.15) is 6.92 Å². The maximum atomic E-state index is 12.5. The molecule has 1 rings (SSSR count). The van der Waals surface area contributed by atoms with E-state index >= 15 is 0 Å². The first-order valence-corrected chi connectivity index (χ1v) is 7.77. The van der Waals surface area contributed by atoms with Crippen molar-refractivity contribution in [1.29, 1.82) is 0 Å². The van der Waals surface area contributed by atoms with Crippen LogP contribution in [0.25, 0.3) is 0 Å². The minimum absolute atomic E-state index is 0.0147. The second-order valence-electron chi connectivity index (χ2n) is 3.80. The lowest BCUT2D eigenvalue weighted by Gasteiger charge is -2.21. The fourth-order valence-corrected chi connectivity index (χ4v) is 4.00. The highest BCUT2D eigenvalue weighted by Gasteiger charge is 2.28. The zero-order chi connectivity index (χ0) is 14.6. The number of nitrogen functional groups attached to an aromatic ring is 1. The normalized spacial score (nSPS) is 12.1. The van der Waals surface area contributed by atoms with Crippen molar-refractivity contribution in [2.45, 2.75) is 11.8 Å². The van der Waals surface area contributed by atoms with E-state index < -0.39 is 10.0 Å². The topological polar surface area (TPSA) is 72.6 Å². The smallest absolute Gasteiger partial charge is 0.246 e. The third kappa shape index (κ3) is 3.73. The summed E-state index contributed by atoms with van der Waals surface area (Å²) in [6.45, 7) is 2.54. The molecule has 0 saturated carbocycles. The molecule has 0 atom stereocenters. The largest absolute Gasteiger partial charge is 0.398 e. The van der Waals surface area contributed by atoms with Gasteiger partial charge in [-0.3, -0.25) is 0 Å². The van der Waals surface area contributed by atoms with Crippen molar-refractivity contribution in [2.24, 2.45) is 0 Å². The molecule has 0 spiro atoms. The minimum Gasteiger partial charge on any atom is -0.398 e. The number of rotatable bonds is 6. The number of hydrogen-bond acceptors (Lipinski definition) is 4. The van der Waals surface area contributed by atoms with E-state index in [-0.39, 0.29) is 28.8 Å². The first kappa shape index (κ1) is 16.5. The molecule has 1 aromatic rings. The Labute approximate surface area is 123 Å². The lowest BCUT2D eigenvalue weighted by Crippen LogP contribution is -2.34. The van der Waals surface area contributed by atoms with Crippen LogP contribution in [0.4, 0.5) is 5.69 Å². The SMILES string of the molecule is CCN(CCOC)S(=O)(=O)c1c(N)cc(Cl)cc1Cl. The Morgan fingerprint density at radius 1 is 1.37 bits per heavy atom. The van der Waals surface area contributed by atoms with Crippen LogP contribution in [0, 0.1) is 0 Å². The summed E-state index contributed by atoms with van der Waals surface area (Å²) >= 11 is 11.7. The Morgan fingerprint density at radius 3 is 2.47 bits per heavy atom. The molecule has 0 aliphatic rings. The number of likely N-dealkylation sites (N-methyl/N-ethyl adjacent to an activating group) is 1. The van der Waals surface area contributed by atoms with Crippen LogP contribution in [0.3, 0.4) is 0 Å². The first-order chi connectivity index (χ1) is 8.84. The average molecular weight is 327 g/mol. The third-order valence-corrected chi connectivity index (χ3v) is 5.25. The quantitative estimate of drug-likeness (QED) is 0.813. The lowest BCUT2D eigenvalue weighted by atomic mass is 10.3. The van der Waals surface area contributed by atoms with Crippen molar-refractivity contribution in [3.8, 4) is 0 Å². The maximum Gasteiger partial charge on any atom is 0.246 e. The Bertz CT molecular complexity index is 526. The Morgan fingerprint density at radius 2 is 2.00 bits per heavy atom. The molecule has 0 heterocycles. The molecule has 8 heteroatoms. The lowest BCUT2D eigenvalue weighted by molar-refractivity contribution is 0.180. The second-order valence-corrected chi connectivity index (χ2v) is 6.51. The van der Waals surface area contributed by atoms with E-state index in [1.54, 1.807) is 6.92 Å². The number of halogens is 2. The van der Waals surface area contributed by atoms with Gasteiger partial charge < -0.3 is 10.5 Å². The fourth-order valence-electron chi connectivity index (χ4n) is 1.62. The van der Waals surface area contributed by atoms with E-state index in [0.717, 1.165) is 0 Å². The molecule has 2 N–H and O–H groups in total. The molecule has 0 aromatic heterocycles. The highest BCUT2D eigenvalue weighted by atomic mass is 35.5. The molecule has 5 nitrogen and oxygen atoms in total. The third-order valence-electron chi connectivity index (χ3n) is 2.53. The number of hydrogen-bond donors (Lipinski definition) is 1. The Hall–Kier alpha value is -0.530. The predicted molar refractivity (Wildman–Crippen MR) is 77.2 cm³/mol. The molecule has 0 amide bonds. The number of nitrogens with zero attached hydrogens (tertiary/aromatic N) is 1. The molecule has 0 aliphatic carbocycles. The van der Waals surface area contributed by atoms with Gasteiger partial charge in [0.1, 0.15) is 4.90 Å². The number of sulfonamides is 1. The van der Waals surface area contributed by atoms with Crippen LogP contribution in [-0.2, 0) is 14.8 Å². The number of nitrogens with two attached hydrogens (primary N) is 1. The second kappa shape index (κ2) is 6.76. The molecule has 0 radical (unpaired) electrons. The first-order valence-electron chi connectivity index (χ1n) is 5.58. The van der Waals surface area contributed by atoms with E-state index in [2.05, 4.69) is 0 Å². The van der Waals surface area contributed by atoms with E-state index in [0.29, 0.717) is 11.6 Å². The van der Waals surface area contributed by atoms with Crippen LogP contribution < -0.4 is 5.73 Å². The predicted octanol–water partition coefficient (Wildman–Crippen LogP) is 2.23. The number of benzene rings is 1. The van der Waals surface area contributed by atoms with Gasteiger partial charge in [0.05, 0.1) is 17.3 Å². The molecule has 0 fully saturated rings. The summed E-state index contributed by atoms with van der Waals surface area (Å²) in [5, 5.41) is 0.308. The van der Waals surface area contributed by atoms with Gasteiger partial charge in [-0.2, -0.15) is 4.31 Å². The molecule has 19 heavy (non-hydrogen) atoms. The number of methoxy groups -OCH3 is 1. The van der Waals surface area contributed by atoms with Crippen molar-refractivity contribution in [1.82, 2.24) is 4.31 Å². The van der Waals surface area contributed by atoms with Gasteiger partial charge in [0, 0.05) is 25.2 Å². The summed E-state index contributed by atoms with van der Waals surface area (Å²) in [7, 11) is -2.26. The van der Waals surface area contributed by atoms with E-state index in [1.165, 1.54) is 23.5 Å². The molecular formula is C11H16Cl2N2O3S. The Kier molecular flexibility index (Phi) is 5.88. The van der Waals surface area contributed by atoms with Gasteiger partial charge in [0.15, 0.2) is 0 Å². The zero-order valence-electron chi connectivity index (χ0n) is 10.7. The van der Waals surface area contributed by atoms with Crippen molar-refractivity contribution < 1.29 is 13.2 Å². The van der Waals surface area contributed by atoms with Gasteiger partial charge in [-0.25, -0.2) is 8.42 Å². The highest BCUT2D eigenvalue weighted by molar-refractivity contribution is 7.89. The summed E-state index contributed by atoms with van der Waals surface area (Å²) in [4.78, 5) is -0.114. The minimum atomic E-state index is -3.76. The molecule has 0 bridgehead atoms. The summed E-state index contributed by atoms with van der Waals surface area (Å²) in [5.41, 5.74) is 5.76. The molecule has 108 valence electrons. The summed E-state index contributed by atoms with van der Waals surface area (Å²) in [6, 6.07) is 2.72. The van der Waals surface area contributed by atoms with Crippen molar-refractivity contribution in [3.63, 3.8) is 0 Å². The van der Waals surface area contributed by atoms with Gasteiger partial charge in [-0.15, -0.1) is 0 Å². The molecule has 0 saturated heterocycles. The van der Waals surface area contributed by atoms with Crippen LogP contribution in [0.15, 0.2) is 17.0 Å². The molecule has 0 unspecified atom stereocenters. The zero-order valence-corrected chi connectivity index (χ0v) is 13.0. The monoisotopic (exact) mass is 326 g/mol. The van der Waals surface area contributed by atoms with Crippen LogP contribution in [0.2, 0.25) is 10.0 Å². The van der Waals surface area contributed by atoms with Crippen LogP contribution in [0.5, 0.6) is 0 Å². The van der Waals surface area contributed by atoms with Gasteiger partial charge in [-0.05, 0) is 12.1 Å². The van der Waals surface area contributed by atoms with Gasteiger partial charge in [-0.1, -0.05) is 30.1 Å². The van der Waals surface area contributed by atoms with E-state index in [1.807, 2.05) is 0 Å². The molecule has 0 aliphatic heterocycles. The van der Waals surface area contributed by atoms with Gasteiger partial charge >= 0.3 is 0 Å². The Balaban J connectivity index is 3.26. The molecule has 1 aromatic carbocycles. The summed E-state index contributed by atoms with van der Waals surface area (Å²) in [5.74, 6) is 0. The number of anilines is 1. The van der Waals surface area contributed by atoms with E-state index in [4.69, 9.17) is 33.7 Å². The van der Waals surface area contributed by atoms with Gasteiger partial charge in [0.25, 0.3) is 0 Å². The number of ether oxygens (including phenoxy) is 1. The van der Waals surface area contributed by atoms with E-state index in [9.17, 15) is 8.42 Å². The van der Waals surface area contributed by atoms with Crippen molar-refractivity contribution >= 4 is 38.9 Å². The van der Waals surface area contributed by atoms with Crippen LogP contribution in [-0.4, -0.2) is 39.5 Å². The standard InChI is InChI=1S/C11H16Cl2N2O3S/c1-3-15(4-5-18-2)19(16,17)11-9(13)6-8(12)7-10(11)14/h6-7H,3-5,14H2,1-2H3. The maximum absolute atomic E-state index is 12.5. The molecular weight excluding hydrogens is 311 g/mol. The fraction of sp³-hybridized carbons (Fsp3) is 0.455. The summed E-state index contributed by atoms with van der Waals surface area (Å²) in [6.07, 6.45) is 0. The highest BCUT2D eigenvalue weighted by Crippen LogP contribution is 2.33. The summed E-state index contributed by atoms with van der Waals surface area (Å²) < 4.78 is 31.1. The van der Waals surface area contributed by atoms with Crippen LogP contribution >= 0.6 is 23.2 Å².